The number of nitrogens with zero attached hydrogens (tertiary/aromatic N) is 2. The van der Waals surface area contributed by atoms with Crippen LogP contribution in [0.1, 0.15) is 11.1 Å². The molecule has 1 aromatic heterocycles. The van der Waals surface area contributed by atoms with Crippen LogP contribution in [0.4, 0.5) is 0 Å². The molecule has 0 aliphatic heterocycles. The minimum atomic E-state index is 0.387. The van der Waals surface area contributed by atoms with Crippen molar-refractivity contribution in [2.45, 2.75) is 6.54 Å². The van der Waals surface area contributed by atoms with E-state index < -0.39 is 0 Å². The summed E-state index contributed by atoms with van der Waals surface area (Å²) in [5.74, 6) is 0.785. The third kappa shape index (κ3) is 3.55. The topological polar surface area (TPSA) is 43.8 Å². The van der Waals surface area contributed by atoms with E-state index in [1.54, 1.807) is 18.3 Å². The molecule has 0 fully saturated rings. The Bertz CT molecular complexity index is 874. The van der Waals surface area contributed by atoms with Crippen molar-refractivity contribution in [3.63, 3.8) is 0 Å². The zero-order valence-corrected chi connectivity index (χ0v) is 14.4. The molecule has 0 radical (unpaired) electrons. The van der Waals surface area contributed by atoms with Crippen molar-refractivity contribution in [1.82, 2.24) is 9.55 Å². The Labute approximate surface area is 149 Å². The lowest BCUT2D eigenvalue weighted by Gasteiger charge is -2.10. The van der Waals surface area contributed by atoms with Crippen LogP contribution in [0.25, 0.3) is 11.4 Å². The van der Waals surface area contributed by atoms with Gasteiger partial charge in [-0.1, -0.05) is 53.6 Å². The Balaban J connectivity index is 1.95. The molecule has 3 rings (SSSR count). The molecule has 0 saturated heterocycles. The molecular weight excluding hydrogens is 349 g/mol. The summed E-state index contributed by atoms with van der Waals surface area (Å²) in [4.78, 5) is 4.80. The molecule has 0 bridgehead atoms. The monoisotopic (exact) mass is 361 g/mol. The van der Waals surface area contributed by atoms with Gasteiger partial charge < -0.3 is 10.3 Å². The van der Waals surface area contributed by atoms with Gasteiger partial charge in [-0.2, -0.15) is 0 Å². The molecule has 23 heavy (non-hydrogen) atoms. The van der Waals surface area contributed by atoms with Gasteiger partial charge in [-0.3, -0.25) is 0 Å². The second-order valence-corrected chi connectivity index (χ2v) is 6.35. The highest BCUT2D eigenvalue weighted by molar-refractivity contribution is 7.80. The van der Waals surface area contributed by atoms with E-state index in [0.29, 0.717) is 21.6 Å². The molecule has 0 saturated carbocycles. The fourth-order valence-corrected chi connectivity index (χ4v) is 2.99. The number of hydrogen-bond acceptors (Lipinski definition) is 2. The average molecular weight is 362 g/mol. The van der Waals surface area contributed by atoms with Crippen molar-refractivity contribution in [2.24, 2.45) is 5.73 Å². The summed E-state index contributed by atoms with van der Waals surface area (Å²) in [6.45, 7) is 0.644. The van der Waals surface area contributed by atoms with Crippen LogP contribution in [0.15, 0.2) is 54.9 Å². The maximum Gasteiger partial charge on any atom is 0.141 e. The van der Waals surface area contributed by atoms with Gasteiger partial charge in [0.1, 0.15) is 10.8 Å². The zero-order chi connectivity index (χ0) is 16.4. The fourth-order valence-electron chi connectivity index (χ4n) is 2.37. The van der Waals surface area contributed by atoms with Crippen LogP contribution in [-0.4, -0.2) is 14.5 Å². The van der Waals surface area contributed by atoms with E-state index in [-0.39, 0.29) is 0 Å². The van der Waals surface area contributed by atoms with Gasteiger partial charge in [-0.15, -0.1) is 0 Å². The summed E-state index contributed by atoms with van der Waals surface area (Å²) in [5.41, 5.74) is 8.47. The zero-order valence-electron chi connectivity index (χ0n) is 12.0. The van der Waals surface area contributed by atoms with E-state index in [0.717, 1.165) is 22.5 Å². The van der Waals surface area contributed by atoms with Gasteiger partial charge in [-0.05, 0) is 29.8 Å². The lowest BCUT2D eigenvalue weighted by molar-refractivity contribution is 0.807. The van der Waals surface area contributed by atoms with E-state index in [1.165, 1.54) is 0 Å². The molecule has 116 valence electrons. The van der Waals surface area contributed by atoms with Gasteiger partial charge in [0.25, 0.3) is 0 Å². The van der Waals surface area contributed by atoms with Gasteiger partial charge in [0.2, 0.25) is 0 Å². The molecular formula is C17H13Cl2N3S. The number of thiocarbonyl (C=S) groups is 1. The van der Waals surface area contributed by atoms with Crippen LogP contribution >= 0.6 is 35.4 Å². The Hall–Kier alpha value is -1.88. The van der Waals surface area contributed by atoms with Crippen LogP contribution < -0.4 is 5.73 Å². The summed E-state index contributed by atoms with van der Waals surface area (Å²) in [7, 11) is 0. The normalized spacial score (nSPS) is 10.7. The predicted molar refractivity (Wildman–Crippen MR) is 99.1 cm³/mol. The van der Waals surface area contributed by atoms with E-state index in [9.17, 15) is 0 Å². The van der Waals surface area contributed by atoms with Crippen molar-refractivity contribution in [3.8, 4) is 11.4 Å². The van der Waals surface area contributed by atoms with Gasteiger partial charge in [0.15, 0.2) is 0 Å². The van der Waals surface area contributed by atoms with Gasteiger partial charge in [0.05, 0.1) is 5.02 Å². The average Bonchev–Trinajstić information content (AvgIpc) is 2.95. The van der Waals surface area contributed by atoms with E-state index >= 15 is 0 Å². The molecule has 2 aromatic carbocycles. The Morgan fingerprint density at radius 2 is 2.00 bits per heavy atom. The quantitative estimate of drug-likeness (QED) is 0.693. The summed E-state index contributed by atoms with van der Waals surface area (Å²) in [5, 5.41) is 1.17. The molecule has 0 spiro atoms. The van der Waals surface area contributed by atoms with Crippen LogP contribution in [0.5, 0.6) is 0 Å². The minimum absolute atomic E-state index is 0.387. The Kier molecular flexibility index (Phi) is 4.66. The van der Waals surface area contributed by atoms with Crippen molar-refractivity contribution in [1.29, 1.82) is 0 Å². The smallest absolute Gasteiger partial charge is 0.141 e. The van der Waals surface area contributed by atoms with Crippen molar-refractivity contribution in [3.05, 3.63) is 76.0 Å². The molecule has 0 amide bonds. The maximum atomic E-state index is 6.29. The van der Waals surface area contributed by atoms with Crippen LogP contribution in [0.3, 0.4) is 0 Å². The summed E-state index contributed by atoms with van der Waals surface area (Å²) >= 11 is 17.3. The van der Waals surface area contributed by atoms with Gasteiger partial charge in [0, 0.05) is 35.1 Å². The second kappa shape index (κ2) is 6.71. The molecule has 2 N–H and O–H groups in total. The fraction of sp³-hybridized carbons (Fsp3) is 0.0588. The number of halogens is 2. The lowest BCUT2D eigenvalue weighted by Crippen LogP contribution is -2.10. The number of rotatable bonds is 4. The SMILES string of the molecule is NC(=S)c1cccc(Cn2ccnc2-c2ccc(Cl)cc2Cl)c1. The number of imidazole rings is 1. The first-order chi connectivity index (χ1) is 11.0. The predicted octanol–water partition coefficient (Wildman–Crippen LogP) is 4.54. The van der Waals surface area contributed by atoms with E-state index in [4.69, 9.17) is 41.2 Å². The third-order valence-electron chi connectivity index (χ3n) is 3.45. The Morgan fingerprint density at radius 3 is 2.74 bits per heavy atom. The molecule has 0 atom stereocenters. The van der Waals surface area contributed by atoms with Crippen LogP contribution in [0, 0.1) is 0 Å². The first-order valence-electron chi connectivity index (χ1n) is 6.90. The number of benzene rings is 2. The molecule has 0 aliphatic carbocycles. The van der Waals surface area contributed by atoms with E-state index in [1.807, 2.05) is 41.1 Å². The second-order valence-electron chi connectivity index (χ2n) is 5.07. The highest BCUT2D eigenvalue weighted by Gasteiger charge is 2.11. The molecule has 3 aromatic rings. The number of aromatic nitrogens is 2. The first kappa shape index (κ1) is 16.0. The third-order valence-corrected chi connectivity index (χ3v) is 4.24. The van der Waals surface area contributed by atoms with Gasteiger partial charge in [-0.25, -0.2) is 4.98 Å². The van der Waals surface area contributed by atoms with Crippen LogP contribution in [-0.2, 0) is 6.54 Å². The summed E-state index contributed by atoms with van der Waals surface area (Å²) in [6.07, 6.45) is 3.66. The van der Waals surface area contributed by atoms with Crippen molar-refractivity contribution < 1.29 is 0 Å². The number of hydrogen-bond donors (Lipinski definition) is 1. The molecule has 6 heteroatoms. The maximum absolute atomic E-state index is 6.29. The lowest BCUT2D eigenvalue weighted by atomic mass is 10.1. The van der Waals surface area contributed by atoms with Crippen molar-refractivity contribution in [2.75, 3.05) is 0 Å². The highest BCUT2D eigenvalue weighted by atomic mass is 35.5. The van der Waals surface area contributed by atoms with Crippen LogP contribution in [0.2, 0.25) is 10.0 Å². The Morgan fingerprint density at radius 1 is 1.17 bits per heavy atom. The highest BCUT2D eigenvalue weighted by Crippen LogP contribution is 2.29. The van der Waals surface area contributed by atoms with Crippen molar-refractivity contribution >= 4 is 40.4 Å². The van der Waals surface area contributed by atoms with Gasteiger partial charge >= 0.3 is 0 Å². The molecule has 3 nitrogen and oxygen atoms in total. The molecule has 0 unspecified atom stereocenters. The molecule has 1 heterocycles. The number of nitrogens with two attached hydrogens (primary N) is 1. The largest absolute Gasteiger partial charge is 0.389 e. The van der Waals surface area contributed by atoms with E-state index in [2.05, 4.69) is 4.98 Å². The first-order valence-corrected chi connectivity index (χ1v) is 8.06. The summed E-state index contributed by atoms with van der Waals surface area (Å²) in [6, 6.07) is 13.2. The standard InChI is InChI=1S/C17H13Cl2N3S/c18-13-4-5-14(15(19)9-13)17-21-6-7-22(17)10-11-2-1-3-12(8-11)16(20)23/h1-9H,10H2,(H2,20,23). The minimum Gasteiger partial charge on any atom is -0.389 e. The summed E-state index contributed by atoms with van der Waals surface area (Å²) < 4.78 is 2.02. The molecule has 0 aliphatic rings.